The Bertz CT molecular complexity index is 768. The highest BCUT2D eigenvalue weighted by atomic mass is 19.1. The summed E-state index contributed by atoms with van der Waals surface area (Å²) < 4.78 is 29.9. The van der Waals surface area contributed by atoms with Crippen molar-refractivity contribution >= 4 is 5.96 Å². The minimum absolute atomic E-state index is 0.234. The molecule has 0 heterocycles. The molecule has 7 heteroatoms. The molecule has 2 aromatic carbocycles. The molecule has 0 bridgehead atoms. The van der Waals surface area contributed by atoms with Crippen LogP contribution in [0.25, 0.3) is 0 Å². The zero-order valence-corrected chi connectivity index (χ0v) is 16.1. The molecular formula is C20H26FN3O3. The predicted octanol–water partition coefficient (Wildman–Crippen LogP) is 2.98. The van der Waals surface area contributed by atoms with Gasteiger partial charge in [0, 0.05) is 25.2 Å². The van der Waals surface area contributed by atoms with Crippen LogP contribution in [0.1, 0.15) is 12.5 Å². The Morgan fingerprint density at radius 2 is 1.85 bits per heavy atom. The molecule has 1 unspecified atom stereocenters. The highest BCUT2D eigenvalue weighted by Gasteiger charge is 2.10. The molecule has 0 fully saturated rings. The zero-order chi connectivity index (χ0) is 19.6. The molecule has 0 spiro atoms. The Balaban J connectivity index is 1.86. The van der Waals surface area contributed by atoms with Crippen molar-refractivity contribution < 1.29 is 18.6 Å². The van der Waals surface area contributed by atoms with Crippen LogP contribution in [0.3, 0.4) is 0 Å². The van der Waals surface area contributed by atoms with Crippen LogP contribution in [0.4, 0.5) is 4.39 Å². The summed E-state index contributed by atoms with van der Waals surface area (Å²) in [5.74, 6) is 1.93. The van der Waals surface area contributed by atoms with Gasteiger partial charge in [0.1, 0.15) is 17.6 Å². The highest BCUT2D eigenvalue weighted by Crippen LogP contribution is 2.24. The summed E-state index contributed by atoms with van der Waals surface area (Å²) >= 11 is 0. The van der Waals surface area contributed by atoms with E-state index in [1.54, 1.807) is 39.5 Å². The number of nitrogens with one attached hydrogen (secondary N) is 2. The number of rotatable bonds is 8. The van der Waals surface area contributed by atoms with Crippen molar-refractivity contribution in [1.82, 2.24) is 10.6 Å². The second kappa shape index (κ2) is 10.3. The van der Waals surface area contributed by atoms with Gasteiger partial charge in [-0.15, -0.1) is 0 Å². The lowest BCUT2D eigenvalue weighted by Crippen LogP contribution is -2.41. The molecule has 146 valence electrons. The summed E-state index contributed by atoms with van der Waals surface area (Å²) in [5.41, 5.74) is 0.969. The first kappa shape index (κ1) is 20.4. The van der Waals surface area contributed by atoms with Gasteiger partial charge in [-0.1, -0.05) is 12.1 Å². The Labute approximate surface area is 159 Å². The van der Waals surface area contributed by atoms with Gasteiger partial charge in [0.15, 0.2) is 17.5 Å². The molecule has 0 aliphatic heterocycles. The number of methoxy groups -OCH3 is 2. The summed E-state index contributed by atoms with van der Waals surface area (Å²) in [4.78, 5) is 4.19. The fourth-order valence-corrected chi connectivity index (χ4v) is 2.44. The molecule has 2 aromatic rings. The molecule has 0 aliphatic carbocycles. The standard InChI is InChI=1S/C20H26FN3O3/c1-14(27-18-8-6-5-7-17(18)21)12-23-20(22-2)24-13-15-9-10-16(25-3)11-19(15)26-4/h5-11,14H,12-13H2,1-4H3,(H2,22,23,24). The quantitative estimate of drug-likeness (QED) is 0.549. The molecule has 27 heavy (non-hydrogen) atoms. The van der Waals surface area contributed by atoms with Crippen molar-refractivity contribution in [3.63, 3.8) is 0 Å². The number of benzene rings is 2. The maximum atomic E-state index is 13.6. The molecule has 2 N–H and O–H groups in total. The molecule has 0 saturated heterocycles. The van der Waals surface area contributed by atoms with Crippen molar-refractivity contribution in [2.75, 3.05) is 27.8 Å². The SMILES string of the molecule is CN=C(NCc1ccc(OC)cc1OC)NCC(C)Oc1ccccc1F. The van der Waals surface area contributed by atoms with Crippen LogP contribution < -0.4 is 24.8 Å². The number of aliphatic imine (C=N–C) groups is 1. The van der Waals surface area contributed by atoms with Crippen molar-refractivity contribution in [3.05, 3.63) is 53.8 Å². The third-order valence-corrected chi connectivity index (χ3v) is 3.89. The lowest BCUT2D eigenvalue weighted by molar-refractivity contribution is 0.214. The van der Waals surface area contributed by atoms with Gasteiger partial charge in [0.2, 0.25) is 0 Å². The van der Waals surface area contributed by atoms with Gasteiger partial charge in [-0.25, -0.2) is 4.39 Å². The van der Waals surface area contributed by atoms with Crippen LogP contribution in [-0.2, 0) is 6.54 Å². The number of halogens is 1. The Hall–Kier alpha value is -2.96. The van der Waals surface area contributed by atoms with Gasteiger partial charge >= 0.3 is 0 Å². The molecular weight excluding hydrogens is 349 g/mol. The summed E-state index contributed by atoms with van der Waals surface area (Å²) in [7, 11) is 4.92. The monoisotopic (exact) mass is 375 g/mol. The van der Waals surface area contributed by atoms with E-state index in [-0.39, 0.29) is 17.7 Å². The van der Waals surface area contributed by atoms with Crippen LogP contribution in [-0.4, -0.2) is 39.9 Å². The second-order valence-electron chi connectivity index (χ2n) is 5.84. The lowest BCUT2D eigenvalue weighted by atomic mass is 10.2. The third kappa shape index (κ3) is 6.06. The van der Waals surface area contributed by atoms with Gasteiger partial charge in [0.05, 0.1) is 20.8 Å². The van der Waals surface area contributed by atoms with Crippen LogP contribution in [0.5, 0.6) is 17.2 Å². The Morgan fingerprint density at radius 1 is 1.07 bits per heavy atom. The van der Waals surface area contributed by atoms with Crippen LogP contribution >= 0.6 is 0 Å². The van der Waals surface area contributed by atoms with Crippen molar-refractivity contribution in [3.8, 4) is 17.2 Å². The van der Waals surface area contributed by atoms with Gasteiger partial charge in [0.25, 0.3) is 0 Å². The van der Waals surface area contributed by atoms with E-state index in [9.17, 15) is 4.39 Å². The van der Waals surface area contributed by atoms with E-state index in [0.717, 1.165) is 17.1 Å². The minimum Gasteiger partial charge on any atom is -0.497 e. The largest absolute Gasteiger partial charge is 0.497 e. The van der Waals surface area contributed by atoms with Crippen molar-refractivity contribution in [2.45, 2.75) is 19.6 Å². The predicted molar refractivity (Wildman–Crippen MR) is 104 cm³/mol. The van der Waals surface area contributed by atoms with Gasteiger partial charge < -0.3 is 24.8 Å². The number of hydrogen-bond acceptors (Lipinski definition) is 4. The minimum atomic E-state index is -0.376. The number of guanidine groups is 1. The number of hydrogen-bond donors (Lipinski definition) is 2. The zero-order valence-electron chi connectivity index (χ0n) is 16.1. The van der Waals surface area contributed by atoms with Crippen LogP contribution in [0.15, 0.2) is 47.5 Å². The normalized spacial score (nSPS) is 12.3. The maximum Gasteiger partial charge on any atom is 0.191 e. The lowest BCUT2D eigenvalue weighted by Gasteiger charge is -2.18. The summed E-state index contributed by atoms with van der Waals surface area (Å²) in [6.07, 6.45) is -0.240. The summed E-state index contributed by atoms with van der Waals surface area (Å²) in [5, 5.41) is 6.38. The summed E-state index contributed by atoms with van der Waals surface area (Å²) in [6, 6.07) is 12.0. The number of para-hydroxylation sites is 1. The highest BCUT2D eigenvalue weighted by molar-refractivity contribution is 5.79. The maximum absolute atomic E-state index is 13.6. The van der Waals surface area contributed by atoms with E-state index < -0.39 is 0 Å². The van der Waals surface area contributed by atoms with E-state index in [2.05, 4.69) is 15.6 Å². The molecule has 0 aromatic heterocycles. The molecule has 1 atom stereocenters. The van der Waals surface area contributed by atoms with E-state index in [1.165, 1.54) is 6.07 Å². The van der Waals surface area contributed by atoms with Crippen LogP contribution in [0.2, 0.25) is 0 Å². The topological polar surface area (TPSA) is 64.1 Å². The van der Waals surface area contributed by atoms with Crippen LogP contribution in [0, 0.1) is 5.82 Å². The van der Waals surface area contributed by atoms with Gasteiger partial charge in [-0.2, -0.15) is 0 Å². The van der Waals surface area contributed by atoms with E-state index in [1.807, 2.05) is 25.1 Å². The van der Waals surface area contributed by atoms with E-state index in [4.69, 9.17) is 14.2 Å². The van der Waals surface area contributed by atoms with Gasteiger partial charge in [-0.3, -0.25) is 4.99 Å². The fourth-order valence-electron chi connectivity index (χ4n) is 2.44. The molecule has 2 rings (SSSR count). The smallest absolute Gasteiger partial charge is 0.191 e. The van der Waals surface area contributed by atoms with Crippen molar-refractivity contribution in [1.29, 1.82) is 0 Å². The number of ether oxygens (including phenoxy) is 3. The molecule has 0 radical (unpaired) electrons. The van der Waals surface area contributed by atoms with E-state index in [0.29, 0.717) is 19.0 Å². The molecule has 0 saturated carbocycles. The van der Waals surface area contributed by atoms with E-state index >= 15 is 0 Å². The average Bonchev–Trinajstić information content (AvgIpc) is 2.69. The first-order valence-corrected chi connectivity index (χ1v) is 8.64. The fraction of sp³-hybridized carbons (Fsp3) is 0.350. The first-order valence-electron chi connectivity index (χ1n) is 8.64. The molecule has 6 nitrogen and oxygen atoms in total. The molecule has 0 aliphatic rings. The Morgan fingerprint density at radius 3 is 2.52 bits per heavy atom. The number of nitrogens with zero attached hydrogens (tertiary/aromatic N) is 1. The molecule has 0 amide bonds. The Kier molecular flexibility index (Phi) is 7.73. The second-order valence-corrected chi connectivity index (χ2v) is 5.84. The average molecular weight is 375 g/mol. The summed E-state index contributed by atoms with van der Waals surface area (Å²) in [6.45, 7) is 2.85. The van der Waals surface area contributed by atoms with Crippen molar-refractivity contribution in [2.24, 2.45) is 4.99 Å². The first-order chi connectivity index (χ1) is 13.1. The third-order valence-electron chi connectivity index (χ3n) is 3.89. The van der Waals surface area contributed by atoms with Gasteiger partial charge in [-0.05, 0) is 31.2 Å².